The van der Waals surface area contributed by atoms with Crippen LogP contribution in [0.2, 0.25) is 0 Å². The second kappa shape index (κ2) is 9.53. The lowest BCUT2D eigenvalue weighted by molar-refractivity contribution is -0.274. The molecule has 6 nitrogen and oxygen atoms in total. The molecule has 1 amide bonds. The van der Waals surface area contributed by atoms with Crippen molar-refractivity contribution in [3.8, 4) is 17.6 Å². The van der Waals surface area contributed by atoms with Crippen LogP contribution in [0, 0.1) is 11.3 Å². The van der Waals surface area contributed by atoms with Crippen LogP contribution in [0.3, 0.4) is 0 Å². The van der Waals surface area contributed by atoms with Crippen LogP contribution in [-0.4, -0.2) is 29.4 Å². The Bertz CT molecular complexity index is 1080. The van der Waals surface area contributed by atoms with Gasteiger partial charge in [-0.2, -0.15) is 18.4 Å². The minimum atomic E-state index is -4.91. The maximum Gasteiger partial charge on any atom is 0.573 e. The van der Waals surface area contributed by atoms with Gasteiger partial charge in [0, 0.05) is 5.56 Å². The van der Waals surface area contributed by atoms with Gasteiger partial charge in [0.05, 0.1) is 17.2 Å². The second-order valence-corrected chi connectivity index (χ2v) is 7.27. The number of halogens is 6. The minimum absolute atomic E-state index is 0.0960. The molecule has 0 spiro atoms. The first-order valence-corrected chi connectivity index (χ1v) is 9.28. The third-order valence-corrected chi connectivity index (χ3v) is 4.66. The second-order valence-electron chi connectivity index (χ2n) is 6.83. The van der Waals surface area contributed by atoms with Gasteiger partial charge in [0.1, 0.15) is 28.6 Å². The Morgan fingerprint density at radius 2 is 1.73 bits per heavy atom. The largest absolute Gasteiger partial charge is 0.573 e. The van der Waals surface area contributed by atoms with E-state index in [1.54, 1.807) is 6.07 Å². The molecule has 33 heavy (non-hydrogen) atoms. The third-order valence-electron chi connectivity index (χ3n) is 4.21. The molecule has 0 aromatic heterocycles. The summed E-state index contributed by atoms with van der Waals surface area (Å²) in [6.45, 7) is 0.684. The highest BCUT2D eigenvalue weighted by Gasteiger charge is 2.37. The Morgan fingerprint density at radius 3 is 2.21 bits per heavy atom. The number of amides is 1. The van der Waals surface area contributed by atoms with Gasteiger partial charge in [0.25, 0.3) is 5.91 Å². The van der Waals surface area contributed by atoms with Gasteiger partial charge < -0.3 is 20.5 Å². The van der Waals surface area contributed by atoms with E-state index in [4.69, 9.17) is 28.0 Å². The van der Waals surface area contributed by atoms with Crippen LogP contribution in [0.15, 0.2) is 42.5 Å². The number of benzene rings is 2. The summed E-state index contributed by atoms with van der Waals surface area (Å²) in [6.07, 6.45) is -9.74. The fraction of sp³-hybridized carbons (Fsp3) is 0.250. The van der Waals surface area contributed by atoms with Gasteiger partial charge in [0.2, 0.25) is 0 Å². The monoisotopic (exact) mass is 491 g/mol. The summed E-state index contributed by atoms with van der Waals surface area (Å²) in [5.41, 5.74) is 2.47. The summed E-state index contributed by atoms with van der Waals surface area (Å²) in [4.78, 5) is 12.2. The van der Waals surface area contributed by atoms with Crippen LogP contribution >= 0.6 is 12.2 Å². The predicted molar refractivity (Wildman–Crippen MR) is 107 cm³/mol. The summed E-state index contributed by atoms with van der Waals surface area (Å²) in [5.74, 6) is -2.00. The van der Waals surface area contributed by atoms with Gasteiger partial charge >= 0.3 is 12.5 Å². The molecule has 2 aromatic carbocycles. The van der Waals surface area contributed by atoms with Crippen molar-refractivity contribution in [3.05, 3.63) is 59.2 Å². The van der Waals surface area contributed by atoms with Crippen molar-refractivity contribution in [1.82, 2.24) is 5.32 Å². The van der Waals surface area contributed by atoms with E-state index in [9.17, 15) is 31.1 Å². The van der Waals surface area contributed by atoms with E-state index in [1.165, 1.54) is 6.92 Å². The van der Waals surface area contributed by atoms with Gasteiger partial charge in [-0.1, -0.05) is 12.2 Å². The third kappa shape index (κ3) is 6.98. The highest BCUT2D eigenvalue weighted by Crippen LogP contribution is 2.37. The SMILES string of the molecule is CC(COc1ccc(C#N)cc1C(F)(F)F)(NC(=O)c1ccc(OC(F)(F)F)cc1)C(N)=S. The Morgan fingerprint density at radius 1 is 1.12 bits per heavy atom. The lowest BCUT2D eigenvalue weighted by Crippen LogP contribution is -2.58. The number of carbonyl (C=O) groups is 1. The van der Waals surface area contributed by atoms with Crippen LogP contribution in [0.5, 0.6) is 11.5 Å². The van der Waals surface area contributed by atoms with E-state index in [0.29, 0.717) is 6.07 Å². The molecule has 0 radical (unpaired) electrons. The number of rotatable bonds is 7. The van der Waals surface area contributed by atoms with Gasteiger partial charge in [-0.05, 0) is 49.4 Å². The molecule has 0 aliphatic carbocycles. The molecule has 2 aromatic rings. The van der Waals surface area contributed by atoms with Gasteiger partial charge in [0.15, 0.2) is 0 Å². The van der Waals surface area contributed by atoms with E-state index >= 15 is 0 Å². The molecule has 1 unspecified atom stereocenters. The summed E-state index contributed by atoms with van der Waals surface area (Å²) < 4.78 is 85.7. The van der Waals surface area contributed by atoms with Crippen LogP contribution in [0.1, 0.15) is 28.4 Å². The van der Waals surface area contributed by atoms with E-state index < -0.39 is 47.7 Å². The molecule has 0 aliphatic rings. The zero-order chi connectivity index (χ0) is 25.0. The number of nitriles is 1. The number of alkyl halides is 6. The smallest absolute Gasteiger partial charge is 0.490 e. The van der Waals surface area contributed by atoms with E-state index in [-0.39, 0.29) is 16.1 Å². The Labute approximate surface area is 188 Å². The first kappa shape index (κ1) is 25.7. The van der Waals surface area contributed by atoms with E-state index in [1.807, 2.05) is 0 Å². The van der Waals surface area contributed by atoms with Crippen LogP contribution in [0.4, 0.5) is 26.3 Å². The minimum Gasteiger partial charge on any atom is -0.490 e. The van der Waals surface area contributed by atoms with Crippen molar-refractivity contribution in [1.29, 1.82) is 5.26 Å². The van der Waals surface area contributed by atoms with Crippen molar-refractivity contribution in [3.63, 3.8) is 0 Å². The van der Waals surface area contributed by atoms with E-state index in [2.05, 4.69) is 10.1 Å². The number of ether oxygens (including phenoxy) is 2. The maximum atomic E-state index is 13.3. The number of hydrogen-bond donors (Lipinski definition) is 2. The van der Waals surface area contributed by atoms with Crippen LogP contribution in [-0.2, 0) is 6.18 Å². The summed E-state index contributed by atoms with van der Waals surface area (Å²) >= 11 is 4.91. The maximum absolute atomic E-state index is 13.3. The standard InChI is InChI=1S/C20H15F6N3O3S/c1-18(17(28)33,10-31-15-7-2-11(9-27)8-14(15)19(21,22)23)29-16(30)12-3-5-13(6-4-12)32-20(24,25)26/h2-8H,10H2,1H3,(H2,28,33)(H,29,30). The first-order valence-electron chi connectivity index (χ1n) is 8.87. The fourth-order valence-electron chi connectivity index (χ4n) is 2.47. The average Bonchev–Trinajstić information content (AvgIpc) is 2.70. The Balaban J connectivity index is 2.20. The summed E-state index contributed by atoms with van der Waals surface area (Å²) in [5, 5.41) is 11.2. The van der Waals surface area contributed by atoms with Gasteiger partial charge in [-0.3, -0.25) is 4.79 Å². The highest BCUT2D eigenvalue weighted by atomic mass is 32.1. The molecule has 0 saturated carbocycles. The molecule has 0 aliphatic heterocycles. The molecule has 3 N–H and O–H groups in total. The van der Waals surface area contributed by atoms with Gasteiger partial charge in [-0.15, -0.1) is 13.2 Å². The lowest BCUT2D eigenvalue weighted by atomic mass is 10.0. The topological polar surface area (TPSA) is 97.4 Å². The lowest BCUT2D eigenvalue weighted by Gasteiger charge is -2.30. The molecule has 1 atom stereocenters. The number of nitrogens with zero attached hydrogens (tertiary/aromatic N) is 1. The average molecular weight is 491 g/mol. The molecule has 13 heteroatoms. The number of nitrogens with one attached hydrogen (secondary N) is 1. The van der Waals surface area contributed by atoms with Crippen molar-refractivity contribution >= 4 is 23.1 Å². The number of carbonyl (C=O) groups excluding carboxylic acids is 1. The molecular formula is C20H15F6N3O3S. The molecule has 0 bridgehead atoms. The first-order chi connectivity index (χ1) is 15.1. The molecule has 176 valence electrons. The Hall–Kier alpha value is -3.53. The Kier molecular flexibility index (Phi) is 7.43. The van der Waals surface area contributed by atoms with Crippen molar-refractivity contribution in [2.75, 3.05) is 6.61 Å². The molecule has 0 saturated heterocycles. The normalized spacial score (nSPS) is 13.4. The highest BCUT2D eigenvalue weighted by molar-refractivity contribution is 7.80. The van der Waals surface area contributed by atoms with Crippen LogP contribution < -0.4 is 20.5 Å². The van der Waals surface area contributed by atoms with Crippen molar-refractivity contribution in [2.24, 2.45) is 5.73 Å². The summed E-state index contributed by atoms with van der Waals surface area (Å²) in [7, 11) is 0. The van der Waals surface area contributed by atoms with Crippen molar-refractivity contribution in [2.45, 2.75) is 25.0 Å². The summed E-state index contributed by atoms with van der Waals surface area (Å²) in [6, 6.07) is 8.16. The number of hydrogen-bond acceptors (Lipinski definition) is 5. The fourth-order valence-corrected chi connectivity index (χ4v) is 2.58. The zero-order valence-electron chi connectivity index (χ0n) is 16.7. The molecule has 0 fully saturated rings. The molecule has 0 heterocycles. The van der Waals surface area contributed by atoms with E-state index in [0.717, 1.165) is 36.4 Å². The quantitative estimate of drug-likeness (QED) is 0.442. The van der Waals surface area contributed by atoms with Crippen LogP contribution in [0.25, 0.3) is 0 Å². The zero-order valence-corrected chi connectivity index (χ0v) is 17.5. The predicted octanol–water partition coefficient (Wildman–Crippen LogP) is 4.33. The number of nitrogens with two attached hydrogens (primary N) is 1. The number of thiocarbonyl (C=S) groups is 1. The van der Waals surface area contributed by atoms with Crippen molar-refractivity contribution < 1.29 is 40.6 Å². The molecule has 2 rings (SSSR count). The molecular weight excluding hydrogens is 476 g/mol. The van der Waals surface area contributed by atoms with Gasteiger partial charge in [-0.25, -0.2) is 0 Å².